The number of aliphatic hydroxyl groups excluding tert-OH is 1. The number of hydrogen-bond acceptors (Lipinski definition) is 6. The summed E-state index contributed by atoms with van der Waals surface area (Å²) < 4.78 is 16.3. The predicted octanol–water partition coefficient (Wildman–Crippen LogP) is 2.87. The number of carbonyl (C=O) groups is 1. The minimum Gasteiger partial charge on any atom is -0.497 e. The van der Waals surface area contributed by atoms with Crippen molar-refractivity contribution < 1.29 is 23.8 Å². The molecule has 0 saturated carbocycles. The fraction of sp³-hybridized carbons (Fsp3) is 0.300. The van der Waals surface area contributed by atoms with E-state index in [-0.39, 0.29) is 24.8 Å². The quantitative estimate of drug-likeness (QED) is 0.688. The molecular weight excluding hydrogens is 348 g/mol. The molecule has 1 heterocycles. The molecule has 0 unspecified atom stereocenters. The van der Waals surface area contributed by atoms with Crippen LogP contribution in [0.3, 0.4) is 0 Å². The van der Waals surface area contributed by atoms with Gasteiger partial charge in [-0.1, -0.05) is 12.1 Å². The molecule has 142 valence electrons. The van der Waals surface area contributed by atoms with E-state index in [1.807, 2.05) is 36.4 Å². The SMILES string of the molecule is COc1ccc2ccc(OCc3nc(C(=O)N(C)C[C@H](C)O)co3)cc2c1. The fourth-order valence-corrected chi connectivity index (χ4v) is 2.71. The molecule has 1 amide bonds. The van der Waals surface area contributed by atoms with Gasteiger partial charge in [0.15, 0.2) is 12.3 Å². The summed E-state index contributed by atoms with van der Waals surface area (Å²) in [5, 5.41) is 11.4. The van der Waals surface area contributed by atoms with Crippen LogP contribution in [0.2, 0.25) is 0 Å². The monoisotopic (exact) mass is 370 g/mol. The highest BCUT2D eigenvalue weighted by Gasteiger charge is 2.18. The number of methoxy groups -OCH3 is 1. The Hall–Kier alpha value is -3.06. The normalized spacial score (nSPS) is 12.0. The van der Waals surface area contributed by atoms with Gasteiger partial charge in [0.05, 0.1) is 13.2 Å². The zero-order valence-corrected chi connectivity index (χ0v) is 15.5. The van der Waals surface area contributed by atoms with E-state index in [1.54, 1.807) is 21.1 Å². The summed E-state index contributed by atoms with van der Waals surface area (Å²) >= 11 is 0. The van der Waals surface area contributed by atoms with Gasteiger partial charge in [-0.3, -0.25) is 4.79 Å². The molecule has 0 bridgehead atoms. The Morgan fingerprint density at radius 2 is 1.93 bits per heavy atom. The number of ether oxygens (including phenoxy) is 2. The number of fused-ring (bicyclic) bond motifs is 1. The van der Waals surface area contributed by atoms with E-state index in [4.69, 9.17) is 13.9 Å². The van der Waals surface area contributed by atoms with Gasteiger partial charge in [-0.2, -0.15) is 0 Å². The van der Waals surface area contributed by atoms with Crippen molar-refractivity contribution in [3.05, 3.63) is 54.2 Å². The molecule has 7 heteroatoms. The summed E-state index contributed by atoms with van der Waals surface area (Å²) in [6.45, 7) is 1.94. The van der Waals surface area contributed by atoms with Crippen LogP contribution in [0.1, 0.15) is 23.3 Å². The minimum atomic E-state index is -0.611. The van der Waals surface area contributed by atoms with Crippen LogP contribution in [0.25, 0.3) is 10.8 Å². The molecule has 2 aromatic carbocycles. The van der Waals surface area contributed by atoms with Crippen LogP contribution in [-0.2, 0) is 6.61 Å². The molecule has 3 aromatic rings. The first-order chi connectivity index (χ1) is 13.0. The van der Waals surface area contributed by atoms with Crippen molar-refractivity contribution in [2.45, 2.75) is 19.6 Å². The first-order valence-electron chi connectivity index (χ1n) is 8.55. The van der Waals surface area contributed by atoms with Gasteiger partial charge in [0, 0.05) is 13.6 Å². The number of carbonyl (C=O) groups excluding carboxylic acids is 1. The largest absolute Gasteiger partial charge is 0.497 e. The van der Waals surface area contributed by atoms with Crippen molar-refractivity contribution in [1.29, 1.82) is 0 Å². The molecule has 3 rings (SSSR count). The smallest absolute Gasteiger partial charge is 0.275 e. The lowest BCUT2D eigenvalue weighted by Crippen LogP contribution is -2.33. The van der Waals surface area contributed by atoms with E-state index in [0.717, 1.165) is 16.5 Å². The van der Waals surface area contributed by atoms with Gasteiger partial charge in [0.25, 0.3) is 5.91 Å². The molecule has 27 heavy (non-hydrogen) atoms. The average molecular weight is 370 g/mol. The predicted molar refractivity (Wildman–Crippen MR) is 100.0 cm³/mol. The van der Waals surface area contributed by atoms with Crippen LogP contribution in [0.15, 0.2) is 47.1 Å². The second-order valence-electron chi connectivity index (χ2n) is 6.32. The van der Waals surface area contributed by atoms with Crippen molar-refractivity contribution in [2.24, 2.45) is 0 Å². The zero-order valence-electron chi connectivity index (χ0n) is 15.5. The number of hydrogen-bond donors (Lipinski definition) is 1. The zero-order chi connectivity index (χ0) is 19.4. The summed E-state index contributed by atoms with van der Waals surface area (Å²) in [6.07, 6.45) is 0.686. The maximum Gasteiger partial charge on any atom is 0.275 e. The van der Waals surface area contributed by atoms with Gasteiger partial charge >= 0.3 is 0 Å². The number of amides is 1. The third-order valence-electron chi connectivity index (χ3n) is 4.04. The van der Waals surface area contributed by atoms with Gasteiger partial charge in [0.2, 0.25) is 5.89 Å². The van der Waals surface area contributed by atoms with Crippen molar-refractivity contribution in [3.8, 4) is 11.5 Å². The highest BCUT2D eigenvalue weighted by Crippen LogP contribution is 2.25. The Labute approximate surface area is 157 Å². The van der Waals surface area contributed by atoms with E-state index in [1.165, 1.54) is 11.2 Å². The minimum absolute atomic E-state index is 0.100. The lowest BCUT2D eigenvalue weighted by molar-refractivity contribution is 0.0698. The van der Waals surface area contributed by atoms with E-state index in [9.17, 15) is 9.90 Å². The second kappa shape index (κ2) is 8.09. The van der Waals surface area contributed by atoms with E-state index < -0.39 is 6.10 Å². The molecular formula is C20H22N2O5. The fourth-order valence-electron chi connectivity index (χ4n) is 2.71. The molecule has 1 atom stereocenters. The molecule has 0 aliphatic rings. The van der Waals surface area contributed by atoms with Gasteiger partial charge in [-0.05, 0) is 42.0 Å². The van der Waals surface area contributed by atoms with Crippen LogP contribution in [0, 0.1) is 0 Å². The number of oxazole rings is 1. The second-order valence-corrected chi connectivity index (χ2v) is 6.32. The lowest BCUT2D eigenvalue weighted by Gasteiger charge is -2.16. The summed E-state index contributed by atoms with van der Waals surface area (Å²) in [4.78, 5) is 17.8. The molecule has 0 aliphatic carbocycles. The first kappa shape index (κ1) is 18.7. The van der Waals surface area contributed by atoms with Gasteiger partial charge in [0.1, 0.15) is 17.8 Å². The van der Waals surface area contributed by atoms with Crippen molar-refractivity contribution in [1.82, 2.24) is 9.88 Å². The van der Waals surface area contributed by atoms with Crippen molar-refractivity contribution >= 4 is 16.7 Å². The third kappa shape index (κ3) is 4.57. The van der Waals surface area contributed by atoms with Crippen LogP contribution >= 0.6 is 0 Å². The molecule has 0 spiro atoms. The molecule has 0 aliphatic heterocycles. The number of nitrogens with zero attached hydrogens (tertiary/aromatic N) is 2. The van der Waals surface area contributed by atoms with E-state index in [0.29, 0.717) is 11.6 Å². The van der Waals surface area contributed by atoms with E-state index >= 15 is 0 Å². The van der Waals surface area contributed by atoms with Crippen LogP contribution < -0.4 is 9.47 Å². The topological polar surface area (TPSA) is 85.0 Å². The Morgan fingerprint density at radius 1 is 1.22 bits per heavy atom. The Kier molecular flexibility index (Phi) is 5.61. The van der Waals surface area contributed by atoms with Crippen LogP contribution in [0.5, 0.6) is 11.5 Å². The molecule has 1 aromatic heterocycles. The van der Waals surface area contributed by atoms with Crippen molar-refractivity contribution in [2.75, 3.05) is 20.7 Å². The first-order valence-corrected chi connectivity index (χ1v) is 8.55. The summed E-state index contributed by atoms with van der Waals surface area (Å²) in [6, 6.07) is 11.5. The van der Waals surface area contributed by atoms with E-state index in [2.05, 4.69) is 4.98 Å². The maximum absolute atomic E-state index is 12.2. The number of aromatic nitrogens is 1. The van der Waals surface area contributed by atoms with Crippen LogP contribution in [-0.4, -0.2) is 47.7 Å². The third-order valence-corrected chi connectivity index (χ3v) is 4.04. The van der Waals surface area contributed by atoms with Gasteiger partial charge in [-0.15, -0.1) is 0 Å². The Morgan fingerprint density at radius 3 is 2.63 bits per heavy atom. The Bertz CT molecular complexity index is 935. The molecule has 0 fully saturated rings. The summed E-state index contributed by atoms with van der Waals surface area (Å²) in [7, 11) is 3.23. The maximum atomic E-state index is 12.2. The number of likely N-dealkylation sites (N-methyl/N-ethyl adjacent to an activating group) is 1. The standard InChI is InChI=1S/C20H22N2O5/c1-13(23)10-22(2)20(24)18-11-27-19(21-18)12-26-17-7-5-14-4-6-16(25-3)8-15(14)9-17/h4-9,11,13,23H,10,12H2,1-3H3/t13-/m0/s1. The lowest BCUT2D eigenvalue weighted by atomic mass is 10.1. The molecule has 0 saturated heterocycles. The van der Waals surface area contributed by atoms with Crippen molar-refractivity contribution in [3.63, 3.8) is 0 Å². The Balaban J connectivity index is 1.66. The average Bonchev–Trinajstić information content (AvgIpc) is 3.13. The highest BCUT2D eigenvalue weighted by molar-refractivity contribution is 5.91. The van der Waals surface area contributed by atoms with Gasteiger partial charge in [-0.25, -0.2) is 4.98 Å². The summed E-state index contributed by atoms with van der Waals surface area (Å²) in [5.74, 6) is 1.42. The number of rotatable bonds is 7. The summed E-state index contributed by atoms with van der Waals surface area (Å²) in [5.41, 5.74) is 0.181. The molecule has 0 radical (unpaired) electrons. The molecule has 1 N–H and O–H groups in total. The highest BCUT2D eigenvalue weighted by atomic mass is 16.5. The number of benzene rings is 2. The number of aliphatic hydroxyl groups is 1. The molecule has 7 nitrogen and oxygen atoms in total. The van der Waals surface area contributed by atoms with Gasteiger partial charge < -0.3 is 23.9 Å². The van der Waals surface area contributed by atoms with Crippen LogP contribution in [0.4, 0.5) is 0 Å².